The fourth-order valence-corrected chi connectivity index (χ4v) is 4.44. The molecule has 0 aromatic heterocycles. The van der Waals surface area contributed by atoms with E-state index in [9.17, 15) is 28.5 Å². The van der Waals surface area contributed by atoms with Crippen LogP contribution in [0.1, 0.15) is 11.1 Å². The van der Waals surface area contributed by atoms with E-state index in [0.29, 0.717) is 10.8 Å². The van der Waals surface area contributed by atoms with E-state index >= 15 is 0 Å². The molecule has 0 bridgehead atoms. The van der Waals surface area contributed by atoms with E-state index in [4.69, 9.17) is 22.1 Å². The molecular formula is C21H22ClF3N2O4S. The standard InChI is InChI=1S/C21H22ClF3N2O4S/c22-12-3-1-10(2-4-12)9-32-21-20(30)18(19(29)16(8-28)31-21)27-7-15(26)11-5-13(23)17(25)14(24)6-11/h1-7,16,18-21,27-30H,8-9,26H2/b15-7-. The molecule has 6 N–H and O–H groups in total. The van der Waals surface area contributed by atoms with Gasteiger partial charge >= 0.3 is 0 Å². The average molecular weight is 491 g/mol. The van der Waals surface area contributed by atoms with Crippen molar-refractivity contribution in [2.45, 2.75) is 35.5 Å². The summed E-state index contributed by atoms with van der Waals surface area (Å²) < 4.78 is 45.7. The Kier molecular flexibility index (Phi) is 8.32. The Morgan fingerprint density at radius 2 is 1.75 bits per heavy atom. The molecule has 5 unspecified atom stereocenters. The van der Waals surface area contributed by atoms with Crippen LogP contribution in [-0.2, 0) is 10.5 Å². The predicted molar refractivity (Wildman–Crippen MR) is 116 cm³/mol. The summed E-state index contributed by atoms with van der Waals surface area (Å²) in [6.45, 7) is -0.502. The molecule has 0 amide bonds. The maximum Gasteiger partial charge on any atom is 0.194 e. The monoisotopic (exact) mass is 490 g/mol. The van der Waals surface area contributed by atoms with Crippen LogP contribution in [0.25, 0.3) is 5.70 Å². The Morgan fingerprint density at radius 1 is 1.12 bits per heavy atom. The molecule has 5 atom stereocenters. The number of nitrogens with one attached hydrogen (secondary N) is 1. The van der Waals surface area contributed by atoms with Crippen LogP contribution < -0.4 is 11.1 Å². The maximum atomic E-state index is 13.5. The van der Waals surface area contributed by atoms with Gasteiger partial charge in [0.2, 0.25) is 0 Å². The Labute approximate surface area is 191 Å². The molecule has 1 saturated heterocycles. The molecule has 0 spiro atoms. The maximum absolute atomic E-state index is 13.5. The van der Waals surface area contributed by atoms with Gasteiger partial charge in [-0.05, 0) is 29.8 Å². The van der Waals surface area contributed by atoms with Gasteiger partial charge in [-0.25, -0.2) is 13.2 Å². The lowest BCUT2D eigenvalue weighted by Gasteiger charge is -2.42. The Balaban J connectivity index is 1.73. The van der Waals surface area contributed by atoms with Gasteiger partial charge in [-0.3, -0.25) is 0 Å². The van der Waals surface area contributed by atoms with Crippen molar-refractivity contribution in [1.82, 2.24) is 5.32 Å². The smallest absolute Gasteiger partial charge is 0.194 e. The van der Waals surface area contributed by atoms with Crippen molar-refractivity contribution in [2.75, 3.05) is 6.61 Å². The second kappa shape index (κ2) is 10.8. The van der Waals surface area contributed by atoms with Gasteiger partial charge in [-0.15, -0.1) is 11.8 Å². The van der Waals surface area contributed by atoms with Gasteiger partial charge in [-0.1, -0.05) is 23.7 Å². The predicted octanol–water partition coefficient (Wildman–Crippen LogP) is 2.35. The molecule has 6 nitrogen and oxygen atoms in total. The van der Waals surface area contributed by atoms with Crippen molar-refractivity contribution < 1.29 is 33.2 Å². The number of thioether (sulfide) groups is 1. The van der Waals surface area contributed by atoms with E-state index < -0.39 is 53.8 Å². The van der Waals surface area contributed by atoms with Crippen LogP contribution in [0.3, 0.4) is 0 Å². The van der Waals surface area contributed by atoms with Crippen molar-refractivity contribution in [1.29, 1.82) is 0 Å². The van der Waals surface area contributed by atoms with E-state index in [1.165, 1.54) is 11.8 Å². The molecule has 1 aliphatic heterocycles. The molecule has 174 valence electrons. The van der Waals surface area contributed by atoms with Gasteiger partial charge in [0.25, 0.3) is 0 Å². The van der Waals surface area contributed by atoms with E-state index in [0.717, 1.165) is 23.9 Å². The van der Waals surface area contributed by atoms with Crippen molar-refractivity contribution in [3.05, 3.63) is 76.2 Å². The number of aliphatic hydroxyl groups is 3. The normalized spacial score (nSPS) is 26.2. The lowest BCUT2D eigenvalue weighted by molar-refractivity contribution is -0.164. The van der Waals surface area contributed by atoms with Crippen molar-refractivity contribution >= 4 is 29.1 Å². The summed E-state index contributed by atoms with van der Waals surface area (Å²) in [5, 5.41) is 34.1. The first-order valence-corrected chi connectivity index (χ1v) is 11.0. The van der Waals surface area contributed by atoms with E-state index in [2.05, 4.69) is 5.32 Å². The second-order valence-corrected chi connectivity index (χ2v) is 8.71. The minimum absolute atomic E-state index is 0.127. The highest BCUT2D eigenvalue weighted by Gasteiger charge is 2.44. The highest BCUT2D eigenvalue weighted by Crippen LogP contribution is 2.31. The topological polar surface area (TPSA) is 108 Å². The van der Waals surface area contributed by atoms with Crippen LogP contribution >= 0.6 is 23.4 Å². The third-order valence-corrected chi connectivity index (χ3v) is 6.43. The van der Waals surface area contributed by atoms with Crippen LogP contribution in [0.4, 0.5) is 13.2 Å². The summed E-state index contributed by atoms with van der Waals surface area (Å²) >= 11 is 7.13. The third kappa shape index (κ3) is 5.69. The summed E-state index contributed by atoms with van der Waals surface area (Å²) in [6, 6.07) is 7.54. The number of nitrogens with two attached hydrogens (primary N) is 1. The van der Waals surface area contributed by atoms with E-state index in [1.54, 1.807) is 12.1 Å². The fraction of sp³-hybridized carbons (Fsp3) is 0.333. The molecule has 0 aliphatic carbocycles. The van der Waals surface area contributed by atoms with Crippen LogP contribution in [0.15, 0.2) is 42.6 Å². The molecule has 2 aromatic rings. The Bertz CT molecular complexity index is 944. The first-order chi connectivity index (χ1) is 15.2. The molecule has 3 rings (SSSR count). The van der Waals surface area contributed by atoms with Gasteiger partial charge in [0.05, 0.1) is 18.3 Å². The van der Waals surface area contributed by atoms with Crippen LogP contribution in [0.2, 0.25) is 5.02 Å². The third-order valence-electron chi connectivity index (χ3n) is 4.96. The Morgan fingerprint density at radius 3 is 2.34 bits per heavy atom. The summed E-state index contributed by atoms with van der Waals surface area (Å²) in [5.41, 5.74) is 5.66. The summed E-state index contributed by atoms with van der Waals surface area (Å²) in [5.74, 6) is -3.95. The zero-order valence-corrected chi connectivity index (χ0v) is 18.2. The second-order valence-electron chi connectivity index (χ2n) is 7.19. The molecule has 32 heavy (non-hydrogen) atoms. The number of rotatable bonds is 7. The van der Waals surface area contributed by atoms with Gasteiger partial charge < -0.3 is 31.1 Å². The molecule has 0 saturated carbocycles. The van der Waals surface area contributed by atoms with E-state index in [1.807, 2.05) is 12.1 Å². The van der Waals surface area contributed by atoms with E-state index in [-0.39, 0.29) is 11.3 Å². The SMILES string of the molecule is N/C(=C\NC1C(O)C(CO)OC(SCc2ccc(Cl)cc2)C1O)c1cc(F)c(F)c(F)c1. The fourth-order valence-electron chi connectivity index (χ4n) is 3.17. The van der Waals surface area contributed by atoms with Gasteiger partial charge in [0, 0.05) is 22.5 Å². The zero-order valence-electron chi connectivity index (χ0n) is 16.6. The van der Waals surface area contributed by atoms with Gasteiger partial charge in [-0.2, -0.15) is 0 Å². The largest absolute Gasteiger partial charge is 0.397 e. The first kappa shape index (κ1) is 24.7. The molecule has 11 heteroatoms. The van der Waals surface area contributed by atoms with Crippen molar-refractivity contribution in [3.63, 3.8) is 0 Å². The molecule has 1 heterocycles. The highest BCUT2D eigenvalue weighted by molar-refractivity contribution is 7.99. The number of ether oxygens (including phenoxy) is 1. The van der Waals surface area contributed by atoms with Crippen LogP contribution in [0, 0.1) is 17.5 Å². The average Bonchev–Trinajstić information content (AvgIpc) is 2.77. The number of hydrogen-bond acceptors (Lipinski definition) is 7. The quantitative estimate of drug-likeness (QED) is 0.379. The summed E-state index contributed by atoms with van der Waals surface area (Å²) in [7, 11) is 0. The van der Waals surface area contributed by atoms with Gasteiger partial charge in [0.15, 0.2) is 17.5 Å². The van der Waals surface area contributed by atoms with Gasteiger partial charge in [0.1, 0.15) is 23.7 Å². The molecule has 2 aromatic carbocycles. The lowest BCUT2D eigenvalue weighted by atomic mass is 9.97. The van der Waals surface area contributed by atoms with Crippen molar-refractivity contribution in [3.8, 4) is 0 Å². The molecule has 1 fully saturated rings. The summed E-state index contributed by atoms with van der Waals surface area (Å²) in [6.07, 6.45) is -2.39. The Hall–Kier alpha value is -1.95. The first-order valence-electron chi connectivity index (χ1n) is 9.56. The highest BCUT2D eigenvalue weighted by atomic mass is 35.5. The summed E-state index contributed by atoms with van der Waals surface area (Å²) in [4.78, 5) is 0. The van der Waals surface area contributed by atoms with Crippen molar-refractivity contribution in [2.24, 2.45) is 5.73 Å². The molecular weight excluding hydrogens is 469 g/mol. The molecule has 0 radical (unpaired) electrons. The minimum Gasteiger partial charge on any atom is -0.397 e. The minimum atomic E-state index is -1.61. The zero-order chi connectivity index (χ0) is 23.4. The molecule has 1 aliphatic rings. The number of aliphatic hydroxyl groups excluding tert-OH is 3. The number of hydrogen-bond donors (Lipinski definition) is 5. The lowest BCUT2D eigenvalue weighted by Crippen LogP contribution is -2.62. The number of benzene rings is 2. The van der Waals surface area contributed by atoms with Crippen LogP contribution in [-0.4, -0.2) is 51.7 Å². The number of halogens is 4. The van der Waals surface area contributed by atoms with Crippen LogP contribution in [0.5, 0.6) is 0 Å².